The molecular formula is C20H23N5O4S2. The van der Waals surface area contributed by atoms with Crippen molar-refractivity contribution >= 4 is 38.1 Å². The van der Waals surface area contributed by atoms with Crippen molar-refractivity contribution in [3.63, 3.8) is 0 Å². The summed E-state index contributed by atoms with van der Waals surface area (Å²) < 4.78 is 24.5. The number of benzene rings is 1. The summed E-state index contributed by atoms with van der Waals surface area (Å²) in [5.41, 5.74) is 2.92. The monoisotopic (exact) mass is 461 g/mol. The minimum Gasteiger partial charge on any atom is -0.311 e. The first-order valence-electron chi connectivity index (χ1n) is 9.40. The molecule has 2 N–H and O–H groups in total. The fraction of sp³-hybridized carbons (Fsp3) is 0.300. The summed E-state index contributed by atoms with van der Waals surface area (Å²) in [7, 11) is -1.84. The van der Waals surface area contributed by atoms with Crippen LogP contribution in [0.15, 0.2) is 34.4 Å². The third kappa shape index (κ3) is 5.56. The van der Waals surface area contributed by atoms with Gasteiger partial charge in [-0.1, -0.05) is 12.1 Å². The Hall–Kier alpha value is -3.05. The molecule has 3 aromatic rings. The van der Waals surface area contributed by atoms with E-state index in [1.165, 1.54) is 22.7 Å². The smallest absolute Gasteiger partial charge is 0.254 e. The summed E-state index contributed by atoms with van der Waals surface area (Å²) in [4.78, 5) is 35.6. The normalized spacial score (nSPS) is 11.4. The predicted octanol–water partition coefficient (Wildman–Crippen LogP) is 2.48. The van der Waals surface area contributed by atoms with Gasteiger partial charge in [0, 0.05) is 35.7 Å². The highest BCUT2D eigenvalue weighted by atomic mass is 32.2. The lowest BCUT2D eigenvalue weighted by Crippen LogP contribution is -2.24. The molecule has 2 heterocycles. The van der Waals surface area contributed by atoms with E-state index in [2.05, 4.69) is 20.3 Å². The Labute approximate surface area is 184 Å². The van der Waals surface area contributed by atoms with Gasteiger partial charge in [0.25, 0.3) is 5.56 Å². The first-order chi connectivity index (χ1) is 14.5. The molecule has 0 aliphatic carbocycles. The summed E-state index contributed by atoms with van der Waals surface area (Å²) in [5, 5.41) is 5.01. The van der Waals surface area contributed by atoms with Gasteiger partial charge in [-0.2, -0.15) is 0 Å². The third-order valence-corrected chi connectivity index (χ3v) is 6.68. The summed E-state index contributed by atoms with van der Waals surface area (Å²) in [6.07, 6.45) is 1.56. The van der Waals surface area contributed by atoms with Crippen molar-refractivity contribution in [2.24, 2.45) is 0 Å². The number of amides is 1. The average molecular weight is 462 g/mol. The van der Waals surface area contributed by atoms with Gasteiger partial charge in [0.15, 0.2) is 5.13 Å². The average Bonchev–Trinajstić information content (AvgIpc) is 3.14. The Kier molecular flexibility index (Phi) is 6.56. The fourth-order valence-electron chi connectivity index (χ4n) is 2.96. The lowest BCUT2D eigenvalue weighted by atomic mass is 10.1. The molecule has 0 saturated heterocycles. The van der Waals surface area contributed by atoms with E-state index in [0.717, 1.165) is 11.8 Å². The molecule has 9 nitrogen and oxygen atoms in total. The van der Waals surface area contributed by atoms with Gasteiger partial charge in [-0.3, -0.25) is 13.9 Å². The van der Waals surface area contributed by atoms with Gasteiger partial charge in [0.05, 0.1) is 17.6 Å². The van der Waals surface area contributed by atoms with E-state index in [4.69, 9.17) is 0 Å². The van der Waals surface area contributed by atoms with E-state index in [9.17, 15) is 18.0 Å². The van der Waals surface area contributed by atoms with Crippen molar-refractivity contribution in [3.05, 3.63) is 57.1 Å². The number of thiazole rings is 1. The number of hydrogen-bond donors (Lipinski definition) is 2. The molecule has 2 aromatic heterocycles. The molecule has 0 aliphatic heterocycles. The minimum absolute atomic E-state index is 0.135. The van der Waals surface area contributed by atoms with Crippen LogP contribution in [0, 0.1) is 13.8 Å². The first-order valence-corrected chi connectivity index (χ1v) is 12.1. The SMILES string of the molecule is Cc1nc(C)c(CCC(=O)Nc2nc(-c3ccc(N(C)S(C)(=O)=O)cc3)cs2)c(=O)[nH]1. The molecule has 1 amide bonds. The number of aryl methyl sites for hydroxylation is 2. The molecule has 0 bridgehead atoms. The molecule has 0 saturated carbocycles. The highest BCUT2D eigenvalue weighted by Crippen LogP contribution is 2.27. The Morgan fingerprint density at radius 3 is 2.48 bits per heavy atom. The standard InChI is InChI=1S/C20H23N5O4S2/c1-12-16(19(27)22-13(2)21-12)9-10-18(26)24-20-23-17(11-30-20)14-5-7-15(8-6-14)25(3)31(4,28)29/h5-8,11H,9-10H2,1-4H3,(H,21,22,27)(H,23,24,26). The highest BCUT2D eigenvalue weighted by Gasteiger charge is 2.14. The van der Waals surface area contributed by atoms with Crippen LogP contribution in [-0.2, 0) is 21.2 Å². The molecule has 0 aliphatic rings. The quantitative estimate of drug-likeness (QED) is 0.557. The molecule has 1 aromatic carbocycles. The molecule has 0 spiro atoms. The summed E-state index contributed by atoms with van der Waals surface area (Å²) in [5.74, 6) is 0.299. The molecule has 0 fully saturated rings. The van der Waals surface area contributed by atoms with E-state index >= 15 is 0 Å². The number of anilines is 2. The van der Waals surface area contributed by atoms with Gasteiger partial charge in [-0.05, 0) is 32.4 Å². The Bertz CT molecular complexity index is 1260. The van der Waals surface area contributed by atoms with E-state index < -0.39 is 10.0 Å². The maximum Gasteiger partial charge on any atom is 0.254 e. The second-order valence-corrected chi connectivity index (χ2v) is 9.95. The molecule has 11 heteroatoms. The van der Waals surface area contributed by atoms with Crippen LogP contribution in [0.25, 0.3) is 11.3 Å². The van der Waals surface area contributed by atoms with Gasteiger partial charge in [-0.15, -0.1) is 11.3 Å². The van der Waals surface area contributed by atoms with Gasteiger partial charge >= 0.3 is 0 Å². The molecule has 3 rings (SSSR count). The number of hydrogen-bond acceptors (Lipinski definition) is 7. The number of sulfonamides is 1. The van der Waals surface area contributed by atoms with Gasteiger partial charge in [0.1, 0.15) is 5.82 Å². The number of carbonyl (C=O) groups excluding carboxylic acids is 1. The summed E-state index contributed by atoms with van der Waals surface area (Å²) in [6.45, 7) is 3.46. The zero-order chi connectivity index (χ0) is 22.8. The van der Waals surface area contributed by atoms with Crippen LogP contribution in [-0.4, -0.2) is 42.6 Å². The number of rotatable bonds is 7. The van der Waals surface area contributed by atoms with Crippen LogP contribution >= 0.6 is 11.3 Å². The number of H-pyrrole nitrogens is 1. The molecule has 0 radical (unpaired) electrons. The van der Waals surface area contributed by atoms with E-state index in [0.29, 0.717) is 33.6 Å². The molecular weight excluding hydrogens is 438 g/mol. The van der Waals surface area contributed by atoms with E-state index in [-0.39, 0.29) is 24.3 Å². The number of nitrogens with zero attached hydrogens (tertiary/aromatic N) is 3. The molecule has 31 heavy (non-hydrogen) atoms. The van der Waals surface area contributed by atoms with E-state index in [1.807, 2.05) is 5.38 Å². The maximum absolute atomic E-state index is 12.3. The summed E-state index contributed by atoms with van der Waals surface area (Å²) in [6, 6.07) is 6.95. The van der Waals surface area contributed by atoms with Crippen LogP contribution in [0.1, 0.15) is 23.5 Å². The topological polar surface area (TPSA) is 125 Å². The lowest BCUT2D eigenvalue weighted by molar-refractivity contribution is -0.116. The largest absolute Gasteiger partial charge is 0.311 e. The number of nitrogens with one attached hydrogen (secondary N) is 2. The zero-order valence-electron chi connectivity index (χ0n) is 17.6. The lowest BCUT2D eigenvalue weighted by Gasteiger charge is -2.16. The number of aromatic nitrogens is 3. The Morgan fingerprint density at radius 2 is 1.87 bits per heavy atom. The van der Waals surface area contributed by atoms with Crippen LogP contribution in [0.5, 0.6) is 0 Å². The van der Waals surface area contributed by atoms with Crippen molar-refractivity contribution in [1.82, 2.24) is 15.0 Å². The summed E-state index contributed by atoms with van der Waals surface area (Å²) >= 11 is 1.29. The maximum atomic E-state index is 12.3. The highest BCUT2D eigenvalue weighted by molar-refractivity contribution is 7.92. The van der Waals surface area contributed by atoms with Gasteiger partial charge in [0.2, 0.25) is 15.9 Å². The second kappa shape index (κ2) is 8.98. The van der Waals surface area contributed by atoms with Crippen LogP contribution in [0.4, 0.5) is 10.8 Å². The van der Waals surface area contributed by atoms with Crippen molar-refractivity contribution < 1.29 is 13.2 Å². The van der Waals surface area contributed by atoms with Crippen LogP contribution in [0.3, 0.4) is 0 Å². The second-order valence-electron chi connectivity index (χ2n) is 7.08. The first kappa shape index (κ1) is 22.6. The van der Waals surface area contributed by atoms with Crippen molar-refractivity contribution in [2.45, 2.75) is 26.7 Å². The van der Waals surface area contributed by atoms with E-state index in [1.54, 1.807) is 38.1 Å². The zero-order valence-corrected chi connectivity index (χ0v) is 19.2. The Balaban J connectivity index is 1.63. The molecule has 0 unspecified atom stereocenters. The number of aromatic amines is 1. The Morgan fingerprint density at radius 1 is 1.19 bits per heavy atom. The van der Waals surface area contributed by atoms with Crippen molar-refractivity contribution in [3.8, 4) is 11.3 Å². The third-order valence-electron chi connectivity index (χ3n) is 4.72. The molecule has 0 atom stereocenters. The number of carbonyl (C=O) groups is 1. The van der Waals surface area contributed by atoms with Gasteiger partial charge in [-0.25, -0.2) is 18.4 Å². The van der Waals surface area contributed by atoms with Crippen LogP contribution < -0.4 is 15.2 Å². The van der Waals surface area contributed by atoms with Gasteiger partial charge < -0.3 is 10.3 Å². The van der Waals surface area contributed by atoms with Crippen molar-refractivity contribution in [2.75, 3.05) is 22.9 Å². The predicted molar refractivity (Wildman–Crippen MR) is 122 cm³/mol. The van der Waals surface area contributed by atoms with Crippen molar-refractivity contribution in [1.29, 1.82) is 0 Å². The minimum atomic E-state index is -3.33. The van der Waals surface area contributed by atoms with Crippen LogP contribution in [0.2, 0.25) is 0 Å². The molecule has 164 valence electrons. The fourth-order valence-corrected chi connectivity index (χ4v) is 4.20.